The Bertz CT molecular complexity index is 416. The van der Waals surface area contributed by atoms with E-state index in [0.717, 1.165) is 26.1 Å². The van der Waals surface area contributed by atoms with Crippen molar-refractivity contribution >= 4 is 16.5 Å². The van der Waals surface area contributed by atoms with Gasteiger partial charge in [-0.25, -0.2) is 4.98 Å². The van der Waals surface area contributed by atoms with Gasteiger partial charge in [0.1, 0.15) is 0 Å². The lowest BCUT2D eigenvalue weighted by molar-refractivity contribution is 0.401. The molecule has 1 atom stereocenters. The van der Waals surface area contributed by atoms with E-state index < -0.39 is 0 Å². The fraction of sp³-hybridized carbons (Fsp3) is 0.800. The lowest BCUT2D eigenvalue weighted by Gasteiger charge is -2.21. The Morgan fingerprint density at radius 3 is 2.80 bits per heavy atom. The van der Waals surface area contributed by atoms with Crippen LogP contribution in [-0.2, 0) is 6.42 Å². The average Bonchev–Trinajstić information content (AvgIpc) is 2.83. The van der Waals surface area contributed by atoms with Crippen LogP contribution in [0.1, 0.15) is 42.8 Å². The standard InChI is InChI=1S/C15H28N4S/c1-5-16-12-8-6-9-13-14(12)20-15(17-13)19(4)11-7-10-18(2)3/h12,16H,5-11H2,1-4H3. The highest BCUT2D eigenvalue weighted by Crippen LogP contribution is 2.37. The molecule has 0 bridgehead atoms. The second kappa shape index (κ2) is 7.38. The molecule has 0 amide bonds. The van der Waals surface area contributed by atoms with Crippen LogP contribution in [0.15, 0.2) is 0 Å². The first kappa shape index (κ1) is 15.7. The fourth-order valence-electron chi connectivity index (χ4n) is 2.73. The van der Waals surface area contributed by atoms with Crippen LogP contribution in [0.25, 0.3) is 0 Å². The molecular formula is C15H28N4S. The number of aryl methyl sites for hydroxylation is 1. The summed E-state index contributed by atoms with van der Waals surface area (Å²) in [6.07, 6.45) is 4.86. The Morgan fingerprint density at radius 2 is 2.10 bits per heavy atom. The molecule has 0 saturated heterocycles. The van der Waals surface area contributed by atoms with E-state index in [1.807, 2.05) is 11.3 Å². The second-order valence-electron chi connectivity index (χ2n) is 5.89. The molecule has 20 heavy (non-hydrogen) atoms. The smallest absolute Gasteiger partial charge is 0.185 e. The minimum Gasteiger partial charge on any atom is -0.351 e. The summed E-state index contributed by atoms with van der Waals surface area (Å²) in [5.74, 6) is 0. The van der Waals surface area contributed by atoms with Crippen LogP contribution in [0.2, 0.25) is 0 Å². The van der Waals surface area contributed by atoms with Gasteiger partial charge in [-0.2, -0.15) is 0 Å². The van der Waals surface area contributed by atoms with Gasteiger partial charge in [0.2, 0.25) is 0 Å². The lowest BCUT2D eigenvalue weighted by atomic mass is 9.98. The Morgan fingerprint density at radius 1 is 1.30 bits per heavy atom. The monoisotopic (exact) mass is 296 g/mol. The number of hydrogen-bond donors (Lipinski definition) is 1. The van der Waals surface area contributed by atoms with Gasteiger partial charge < -0.3 is 15.1 Å². The molecular weight excluding hydrogens is 268 g/mol. The van der Waals surface area contributed by atoms with Crippen LogP contribution in [0.5, 0.6) is 0 Å². The van der Waals surface area contributed by atoms with Crippen LogP contribution < -0.4 is 10.2 Å². The SMILES string of the molecule is CCNC1CCCc2nc(N(C)CCCN(C)C)sc21. The molecule has 1 unspecified atom stereocenters. The molecule has 0 aliphatic heterocycles. The summed E-state index contributed by atoms with van der Waals surface area (Å²) in [6, 6.07) is 0.533. The maximum atomic E-state index is 4.87. The van der Waals surface area contributed by atoms with E-state index in [2.05, 4.69) is 43.2 Å². The first-order valence-corrected chi connectivity index (χ1v) is 8.52. The zero-order valence-corrected chi connectivity index (χ0v) is 14.1. The zero-order valence-electron chi connectivity index (χ0n) is 13.3. The third kappa shape index (κ3) is 3.93. The Labute approximate surface area is 127 Å². The highest BCUT2D eigenvalue weighted by atomic mass is 32.1. The minimum atomic E-state index is 0.533. The number of aromatic nitrogens is 1. The van der Waals surface area contributed by atoms with Crippen LogP contribution in [0.3, 0.4) is 0 Å². The molecule has 114 valence electrons. The van der Waals surface area contributed by atoms with Gasteiger partial charge in [-0.3, -0.25) is 0 Å². The van der Waals surface area contributed by atoms with Crippen molar-refractivity contribution in [2.75, 3.05) is 45.7 Å². The van der Waals surface area contributed by atoms with Crippen molar-refractivity contribution in [3.05, 3.63) is 10.6 Å². The van der Waals surface area contributed by atoms with E-state index in [-0.39, 0.29) is 0 Å². The Balaban J connectivity index is 1.99. The fourth-order valence-corrected chi connectivity index (χ4v) is 3.94. The lowest BCUT2D eigenvalue weighted by Crippen LogP contribution is -2.23. The molecule has 2 rings (SSSR count). The topological polar surface area (TPSA) is 31.4 Å². The maximum absolute atomic E-state index is 4.87. The summed E-state index contributed by atoms with van der Waals surface area (Å²) in [5.41, 5.74) is 1.33. The van der Waals surface area contributed by atoms with E-state index in [1.165, 1.54) is 35.0 Å². The summed E-state index contributed by atoms with van der Waals surface area (Å²) in [6.45, 7) is 5.44. The van der Waals surface area contributed by atoms with Crippen molar-refractivity contribution in [1.82, 2.24) is 15.2 Å². The van der Waals surface area contributed by atoms with Crippen molar-refractivity contribution in [2.45, 2.75) is 38.6 Å². The quantitative estimate of drug-likeness (QED) is 0.838. The van der Waals surface area contributed by atoms with Gasteiger partial charge in [-0.1, -0.05) is 18.3 Å². The maximum Gasteiger partial charge on any atom is 0.185 e. The molecule has 1 aliphatic carbocycles. The zero-order chi connectivity index (χ0) is 14.5. The van der Waals surface area contributed by atoms with Crippen molar-refractivity contribution < 1.29 is 0 Å². The number of fused-ring (bicyclic) bond motifs is 1. The molecule has 0 aromatic carbocycles. The molecule has 4 nitrogen and oxygen atoms in total. The number of anilines is 1. The molecule has 1 heterocycles. The molecule has 0 spiro atoms. The Kier molecular flexibility index (Phi) is 5.81. The summed E-state index contributed by atoms with van der Waals surface area (Å²) < 4.78 is 0. The molecule has 1 aromatic heterocycles. The predicted octanol–water partition coefficient (Wildman–Crippen LogP) is 2.52. The van der Waals surface area contributed by atoms with Crippen LogP contribution >= 0.6 is 11.3 Å². The molecule has 0 fully saturated rings. The third-order valence-corrected chi connectivity index (χ3v) is 5.14. The van der Waals surface area contributed by atoms with Gasteiger partial charge in [0.05, 0.1) is 5.69 Å². The highest BCUT2D eigenvalue weighted by molar-refractivity contribution is 7.15. The Hall–Kier alpha value is -0.650. The summed E-state index contributed by atoms with van der Waals surface area (Å²) in [4.78, 5) is 10.9. The number of thiazole rings is 1. The van der Waals surface area contributed by atoms with Gasteiger partial charge in [0.25, 0.3) is 0 Å². The van der Waals surface area contributed by atoms with Crippen molar-refractivity contribution in [1.29, 1.82) is 0 Å². The number of hydrogen-bond acceptors (Lipinski definition) is 5. The molecule has 0 saturated carbocycles. The summed E-state index contributed by atoms with van der Waals surface area (Å²) >= 11 is 1.89. The summed E-state index contributed by atoms with van der Waals surface area (Å²) in [7, 11) is 6.43. The van der Waals surface area contributed by atoms with Gasteiger partial charge in [-0.15, -0.1) is 0 Å². The van der Waals surface area contributed by atoms with E-state index in [9.17, 15) is 0 Å². The highest BCUT2D eigenvalue weighted by Gasteiger charge is 2.24. The third-order valence-electron chi connectivity index (χ3n) is 3.82. The average molecular weight is 296 g/mol. The normalized spacial score (nSPS) is 18.4. The van der Waals surface area contributed by atoms with E-state index in [4.69, 9.17) is 4.98 Å². The van der Waals surface area contributed by atoms with E-state index in [1.54, 1.807) is 0 Å². The largest absolute Gasteiger partial charge is 0.351 e. The van der Waals surface area contributed by atoms with Gasteiger partial charge in [0.15, 0.2) is 5.13 Å². The van der Waals surface area contributed by atoms with Crippen LogP contribution in [0, 0.1) is 0 Å². The van der Waals surface area contributed by atoms with Crippen LogP contribution in [0.4, 0.5) is 5.13 Å². The summed E-state index contributed by atoms with van der Waals surface area (Å²) in [5, 5.41) is 4.79. The van der Waals surface area contributed by atoms with Gasteiger partial charge in [-0.05, 0) is 52.9 Å². The van der Waals surface area contributed by atoms with Gasteiger partial charge >= 0.3 is 0 Å². The van der Waals surface area contributed by atoms with Crippen molar-refractivity contribution in [3.8, 4) is 0 Å². The predicted molar refractivity (Wildman–Crippen MR) is 87.9 cm³/mol. The molecule has 1 N–H and O–H groups in total. The van der Waals surface area contributed by atoms with E-state index >= 15 is 0 Å². The molecule has 1 aliphatic rings. The van der Waals surface area contributed by atoms with E-state index in [0.29, 0.717) is 6.04 Å². The molecule has 1 aromatic rings. The second-order valence-corrected chi connectivity index (χ2v) is 6.90. The first-order chi connectivity index (χ1) is 9.61. The number of nitrogens with zero attached hydrogens (tertiary/aromatic N) is 3. The minimum absolute atomic E-state index is 0.533. The van der Waals surface area contributed by atoms with Crippen molar-refractivity contribution in [3.63, 3.8) is 0 Å². The van der Waals surface area contributed by atoms with Crippen molar-refractivity contribution in [2.24, 2.45) is 0 Å². The van der Waals surface area contributed by atoms with Crippen LogP contribution in [-0.4, -0.2) is 50.7 Å². The first-order valence-electron chi connectivity index (χ1n) is 7.70. The molecule has 0 radical (unpaired) electrons. The molecule has 5 heteroatoms. The number of rotatable bonds is 7. The van der Waals surface area contributed by atoms with Gasteiger partial charge in [0, 0.05) is 24.5 Å². The number of nitrogens with one attached hydrogen (secondary N) is 1.